The number of rotatable bonds is 4. The molecule has 0 spiro atoms. The summed E-state index contributed by atoms with van der Waals surface area (Å²) in [4.78, 5) is 16.0. The number of nitrogens with one attached hydrogen (secondary N) is 2. The Hall–Kier alpha value is -1.83. The third-order valence-corrected chi connectivity index (χ3v) is 3.57. The number of urea groups is 1. The fourth-order valence-corrected chi connectivity index (χ4v) is 2.40. The lowest BCUT2D eigenvalue weighted by atomic mass is 10.2. The Morgan fingerprint density at radius 3 is 2.76 bits per heavy atom. The fourth-order valence-electron chi connectivity index (χ4n) is 1.75. The Labute approximate surface area is 137 Å². The number of benzene rings is 1. The van der Waals surface area contributed by atoms with Crippen molar-refractivity contribution in [3.63, 3.8) is 0 Å². The molecule has 0 aliphatic heterocycles. The average Bonchev–Trinajstić information content (AvgIpc) is 2.48. The van der Waals surface area contributed by atoms with E-state index in [0.717, 1.165) is 20.4 Å². The number of pyridine rings is 1. The summed E-state index contributed by atoms with van der Waals surface area (Å²) >= 11 is 2.24. The Morgan fingerprint density at radius 2 is 2.14 bits per heavy atom. The van der Waals surface area contributed by atoms with Crippen molar-refractivity contribution in [1.29, 1.82) is 0 Å². The van der Waals surface area contributed by atoms with E-state index in [1.807, 2.05) is 31.2 Å². The van der Waals surface area contributed by atoms with E-state index in [-0.39, 0.29) is 6.03 Å². The summed E-state index contributed by atoms with van der Waals surface area (Å²) in [6, 6.07) is 9.25. The van der Waals surface area contributed by atoms with Crippen LogP contribution in [0.25, 0.3) is 0 Å². The number of aromatic nitrogens is 1. The van der Waals surface area contributed by atoms with Crippen molar-refractivity contribution in [3.05, 3.63) is 51.2 Å². The van der Waals surface area contributed by atoms with Gasteiger partial charge in [-0.1, -0.05) is 6.07 Å². The van der Waals surface area contributed by atoms with Gasteiger partial charge in [-0.2, -0.15) is 0 Å². The molecule has 6 heteroatoms. The zero-order chi connectivity index (χ0) is 15.2. The first-order valence-corrected chi connectivity index (χ1v) is 7.46. The Balaban J connectivity index is 1.89. The highest BCUT2D eigenvalue weighted by atomic mass is 127. The van der Waals surface area contributed by atoms with Crippen molar-refractivity contribution in [2.45, 2.75) is 13.5 Å². The lowest BCUT2D eigenvalue weighted by Crippen LogP contribution is -2.28. The van der Waals surface area contributed by atoms with Gasteiger partial charge in [-0.3, -0.25) is 0 Å². The second-order valence-electron chi connectivity index (χ2n) is 4.48. The largest absolute Gasteiger partial charge is 0.481 e. The number of aryl methyl sites for hydroxylation is 1. The minimum Gasteiger partial charge on any atom is -0.481 e. The molecule has 5 nitrogen and oxygen atoms in total. The van der Waals surface area contributed by atoms with Crippen molar-refractivity contribution in [2.24, 2.45) is 0 Å². The molecule has 0 unspecified atom stereocenters. The molecule has 0 fully saturated rings. The normalized spacial score (nSPS) is 10.0. The molecule has 0 aliphatic carbocycles. The smallest absolute Gasteiger partial charge is 0.319 e. The van der Waals surface area contributed by atoms with Crippen molar-refractivity contribution in [3.8, 4) is 5.88 Å². The highest BCUT2D eigenvalue weighted by Gasteiger charge is 2.05. The van der Waals surface area contributed by atoms with Gasteiger partial charge in [-0.05, 0) is 58.8 Å². The van der Waals surface area contributed by atoms with E-state index >= 15 is 0 Å². The number of hydrogen-bond donors (Lipinski definition) is 2. The molecule has 1 aromatic heterocycles. The summed E-state index contributed by atoms with van der Waals surface area (Å²) in [6.07, 6.45) is 1.68. The fraction of sp³-hybridized carbons (Fsp3) is 0.200. The van der Waals surface area contributed by atoms with Crippen LogP contribution in [0.2, 0.25) is 0 Å². The molecule has 2 amide bonds. The third-order valence-electron chi connectivity index (χ3n) is 2.90. The molecule has 2 N–H and O–H groups in total. The van der Waals surface area contributed by atoms with E-state index in [4.69, 9.17) is 4.74 Å². The van der Waals surface area contributed by atoms with Crippen molar-refractivity contribution in [2.75, 3.05) is 12.4 Å². The second-order valence-corrected chi connectivity index (χ2v) is 5.72. The van der Waals surface area contributed by atoms with Gasteiger partial charge in [0.05, 0.1) is 7.11 Å². The maximum atomic E-state index is 11.9. The molecule has 0 saturated carbocycles. The number of nitrogens with zero attached hydrogens (tertiary/aromatic N) is 1. The van der Waals surface area contributed by atoms with Crippen LogP contribution in [0.3, 0.4) is 0 Å². The average molecular weight is 397 g/mol. The highest BCUT2D eigenvalue weighted by Crippen LogP contribution is 2.17. The van der Waals surface area contributed by atoms with Gasteiger partial charge in [0.2, 0.25) is 5.88 Å². The number of carbonyl (C=O) groups excluding carboxylic acids is 1. The van der Waals surface area contributed by atoms with Gasteiger partial charge in [0.25, 0.3) is 0 Å². The lowest BCUT2D eigenvalue weighted by molar-refractivity contribution is 0.251. The summed E-state index contributed by atoms with van der Waals surface area (Å²) in [5.41, 5.74) is 2.74. The van der Waals surface area contributed by atoms with E-state index in [9.17, 15) is 4.79 Å². The van der Waals surface area contributed by atoms with Gasteiger partial charge in [0, 0.05) is 28.1 Å². The number of amides is 2. The maximum absolute atomic E-state index is 11.9. The Kier molecular flexibility index (Phi) is 5.38. The van der Waals surface area contributed by atoms with E-state index in [1.165, 1.54) is 0 Å². The van der Waals surface area contributed by atoms with Gasteiger partial charge in [0.15, 0.2) is 0 Å². The molecule has 21 heavy (non-hydrogen) atoms. The summed E-state index contributed by atoms with van der Waals surface area (Å²) in [6.45, 7) is 2.37. The second kappa shape index (κ2) is 7.26. The predicted octanol–water partition coefficient (Wildman–Crippen LogP) is 3.32. The molecule has 110 valence electrons. The number of methoxy groups -OCH3 is 1. The van der Waals surface area contributed by atoms with Gasteiger partial charge in [-0.25, -0.2) is 9.78 Å². The van der Waals surface area contributed by atoms with Crippen LogP contribution in [0.1, 0.15) is 11.1 Å². The van der Waals surface area contributed by atoms with Crippen LogP contribution in [0.15, 0.2) is 36.5 Å². The number of ether oxygens (including phenoxy) is 1. The summed E-state index contributed by atoms with van der Waals surface area (Å²) in [5, 5.41) is 5.63. The van der Waals surface area contributed by atoms with Gasteiger partial charge in [0.1, 0.15) is 0 Å². The van der Waals surface area contributed by atoms with E-state index in [1.54, 1.807) is 19.4 Å². The van der Waals surface area contributed by atoms with Crippen LogP contribution in [0.5, 0.6) is 5.88 Å². The van der Waals surface area contributed by atoms with Crippen LogP contribution in [-0.4, -0.2) is 18.1 Å². The van der Waals surface area contributed by atoms with Crippen LogP contribution < -0.4 is 15.4 Å². The minimum absolute atomic E-state index is 0.241. The number of hydrogen-bond acceptors (Lipinski definition) is 3. The minimum atomic E-state index is -0.241. The zero-order valence-electron chi connectivity index (χ0n) is 11.8. The first-order valence-electron chi connectivity index (χ1n) is 6.38. The summed E-state index contributed by atoms with van der Waals surface area (Å²) in [7, 11) is 1.57. The number of anilines is 1. The molecule has 0 aliphatic rings. The zero-order valence-corrected chi connectivity index (χ0v) is 14.0. The van der Waals surface area contributed by atoms with E-state index in [2.05, 4.69) is 38.2 Å². The van der Waals surface area contributed by atoms with Gasteiger partial charge >= 0.3 is 6.03 Å². The van der Waals surface area contributed by atoms with Crippen LogP contribution >= 0.6 is 22.6 Å². The molecule has 0 atom stereocenters. The first-order chi connectivity index (χ1) is 10.1. The lowest BCUT2D eigenvalue weighted by Gasteiger charge is -2.10. The summed E-state index contributed by atoms with van der Waals surface area (Å²) < 4.78 is 6.12. The molecular weight excluding hydrogens is 381 g/mol. The monoisotopic (exact) mass is 397 g/mol. The molecule has 2 aromatic rings. The molecule has 0 bridgehead atoms. The molecule has 0 radical (unpaired) electrons. The van der Waals surface area contributed by atoms with Crippen molar-refractivity contribution < 1.29 is 9.53 Å². The first kappa shape index (κ1) is 15.6. The van der Waals surface area contributed by atoms with Crippen molar-refractivity contribution >= 4 is 34.3 Å². The summed E-state index contributed by atoms with van der Waals surface area (Å²) in [5.74, 6) is 0.553. The number of carbonyl (C=O) groups is 1. The van der Waals surface area contributed by atoms with Crippen LogP contribution in [0.4, 0.5) is 10.5 Å². The molecule has 2 rings (SSSR count). The Bertz CT molecular complexity index is 629. The Morgan fingerprint density at radius 1 is 1.33 bits per heavy atom. The third kappa shape index (κ3) is 4.59. The SMILES string of the molecule is COc1ccc(CNC(=O)Nc2ccc(I)cc2C)cn1. The topological polar surface area (TPSA) is 63.2 Å². The standard InChI is InChI=1S/C15H16IN3O2/c1-10-7-12(16)4-5-13(10)19-15(20)18-9-11-3-6-14(21-2)17-8-11/h3-8H,9H2,1-2H3,(H2,18,19,20). The predicted molar refractivity (Wildman–Crippen MR) is 90.5 cm³/mol. The van der Waals surface area contributed by atoms with Crippen molar-refractivity contribution in [1.82, 2.24) is 10.3 Å². The van der Waals surface area contributed by atoms with Crippen LogP contribution in [-0.2, 0) is 6.54 Å². The van der Waals surface area contributed by atoms with E-state index < -0.39 is 0 Å². The molecule has 1 heterocycles. The number of halogens is 1. The maximum Gasteiger partial charge on any atom is 0.319 e. The quantitative estimate of drug-likeness (QED) is 0.779. The molecular formula is C15H16IN3O2. The molecule has 0 saturated heterocycles. The highest BCUT2D eigenvalue weighted by molar-refractivity contribution is 14.1. The molecule has 1 aromatic carbocycles. The van der Waals surface area contributed by atoms with Gasteiger partial charge in [-0.15, -0.1) is 0 Å². The van der Waals surface area contributed by atoms with Gasteiger partial charge < -0.3 is 15.4 Å². The van der Waals surface area contributed by atoms with E-state index in [0.29, 0.717) is 12.4 Å². The van der Waals surface area contributed by atoms with Crippen LogP contribution in [0, 0.1) is 10.5 Å².